The number of ether oxygens (including phenoxy) is 1. The highest BCUT2D eigenvalue weighted by molar-refractivity contribution is 7.18. The molecular formula is C19H21ClFN5O2S. The summed E-state index contributed by atoms with van der Waals surface area (Å²) in [6.07, 6.45) is 1.71. The van der Waals surface area contributed by atoms with Crippen molar-refractivity contribution in [3.63, 3.8) is 0 Å². The predicted octanol–water partition coefficient (Wildman–Crippen LogP) is 3.58. The van der Waals surface area contributed by atoms with E-state index < -0.39 is 11.9 Å². The van der Waals surface area contributed by atoms with Gasteiger partial charge in [-0.2, -0.15) is 0 Å². The van der Waals surface area contributed by atoms with E-state index in [4.69, 9.17) is 27.2 Å². The Bertz CT molecular complexity index is 968. The maximum atomic E-state index is 14.4. The van der Waals surface area contributed by atoms with Gasteiger partial charge in [0.15, 0.2) is 11.6 Å². The first kappa shape index (κ1) is 21.4. The number of nitrogens with zero attached hydrogens (tertiary/aromatic N) is 3. The molecule has 10 heteroatoms. The van der Waals surface area contributed by atoms with Crippen LogP contribution in [0.1, 0.15) is 13.8 Å². The molecule has 0 saturated heterocycles. The summed E-state index contributed by atoms with van der Waals surface area (Å²) >= 11 is 7.58. The Labute approximate surface area is 176 Å². The van der Waals surface area contributed by atoms with E-state index >= 15 is 0 Å². The highest BCUT2D eigenvalue weighted by Crippen LogP contribution is 2.37. The summed E-state index contributed by atoms with van der Waals surface area (Å²) in [7, 11) is 0. The van der Waals surface area contributed by atoms with Crippen molar-refractivity contribution in [3.8, 4) is 26.9 Å². The van der Waals surface area contributed by atoms with E-state index in [1.165, 1.54) is 23.5 Å². The van der Waals surface area contributed by atoms with Crippen LogP contribution < -0.4 is 15.8 Å². The summed E-state index contributed by atoms with van der Waals surface area (Å²) in [4.78, 5) is 4.36. The number of rotatable bonds is 8. The van der Waals surface area contributed by atoms with Crippen molar-refractivity contribution in [2.75, 3.05) is 18.5 Å². The Morgan fingerprint density at radius 3 is 2.69 bits per heavy atom. The molecule has 1 unspecified atom stereocenters. The Kier molecular flexibility index (Phi) is 6.96. The zero-order valence-corrected chi connectivity index (χ0v) is 17.5. The van der Waals surface area contributed by atoms with Crippen molar-refractivity contribution in [3.05, 3.63) is 41.3 Å². The van der Waals surface area contributed by atoms with Crippen LogP contribution in [0, 0.1) is 5.82 Å². The van der Waals surface area contributed by atoms with Crippen LogP contribution in [0.5, 0.6) is 5.75 Å². The van der Waals surface area contributed by atoms with Crippen molar-refractivity contribution < 1.29 is 14.2 Å². The summed E-state index contributed by atoms with van der Waals surface area (Å²) < 4.78 is 19.7. The van der Waals surface area contributed by atoms with Crippen LogP contribution in [0.4, 0.5) is 10.2 Å². The molecule has 3 aromatic rings. The molecule has 0 amide bonds. The van der Waals surface area contributed by atoms with E-state index in [9.17, 15) is 4.39 Å². The Hall–Kier alpha value is -2.33. The molecule has 0 spiro atoms. The second-order valence-corrected chi connectivity index (χ2v) is 8.04. The van der Waals surface area contributed by atoms with Gasteiger partial charge in [0.1, 0.15) is 22.4 Å². The predicted molar refractivity (Wildman–Crippen MR) is 113 cm³/mol. The average molecular weight is 438 g/mol. The number of aromatic nitrogens is 3. The quantitative estimate of drug-likeness (QED) is 0.494. The summed E-state index contributed by atoms with van der Waals surface area (Å²) in [6, 6.07) is 6.06. The summed E-state index contributed by atoms with van der Waals surface area (Å²) in [5.74, 6) is 0.136. The molecule has 3 rings (SSSR count). The molecular weight excluding hydrogens is 417 g/mol. The first-order chi connectivity index (χ1) is 13.9. The maximum absolute atomic E-state index is 14.4. The smallest absolute Gasteiger partial charge is 0.165 e. The second-order valence-electron chi connectivity index (χ2n) is 6.66. The molecule has 0 fully saturated rings. The van der Waals surface area contributed by atoms with Crippen molar-refractivity contribution in [1.82, 2.24) is 15.2 Å². The normalized spacial score (nSPS) is 12.2. The summed E-state index contributed by atoms with van der Waals surface area (Å²) in [5, 5.41) is 21.9. The lowest BCUT2D eigenvalue weighted by atomic mass is 10.2. The molecule has 0 aliphatic rings. The Balaban J connectivity index is 1.80. The number of pyridine rings is 1. The van der Waals surface area contributed by atoms with Gasteiger partial charge in [-0.05, 0) is 32.0 Å². The lowest BCUT2D eigenvalue weighted by Gasteiger charge is -2.12. The molecule has 1 aromatic carbocycles. The molecule has 0 bridgehead atoms. The molecule has 29 heavy (non-hydrogen) atoms. The zero-order chi connectivity index (χ0) is 21.0. The van der Waals surface area contributed by atoms with Crippen LogP contribution in [-0.4, -0.2) is 45.6 Å². The minimum absolute atomic E-state index is 0.0271. The van der Waals surface area contributed by atoms with Crippen LogP contribution in [0.25, 0.3) is 21.1 Å². The minimum atomic E-state index is -0.602. The topological polar surface area (TPSA) is 106 Å². The lowest BCUT2D eigenvalue weighted by molar-refractivity contribution is 0.202. The van der Waals surface area contributed by atoms with E-state index in [1.807, 2.05) is 26.0 Å². The van der Waals surface area contributed by atoms with Crippen LogP contribution in [0.15, 0.2) is 30.5 Å². The van der Waals surface area contributed by atoms with E-state index in [0.717, 1.165) is 11.4 Å². The molecule has 0 aliphatic heterocycles. The Morgan fingerprint density at radius 2 is 2.03 bits per heavy atom. The van der Waals surface area contributed by atoms with Gasteiger partial charge >= 0.3 is 0 Å². The monoisotopic (exact) mass is 437 g/mol. The molecule has 154 valence electrons. The van der Waals surface area contributed by atoms with Gasteiger partial charge in [-0.15, -0.1) is 10.2 Å². The third kappa shape index (κ3) is 5.39. The number of hydrogen-bond acceptors (Lipinski definition) is 8. The highest BCUT2D eigenvalue weighted by atomic mass is 35.5. The lowest BCUT2D eigenvalue weighted by Crippen LogP contribution is -2.31. The molecule has 7 nitrogen and oxygen atoms in total. The molecule has 0 saturated carbocycles. The number of halogens is 2. The third-order valence-electron chi connectivity index (χ3n) is 3.81. The fourth-order valence-corrected chi connectivity index (χ4v) is 3.57. The van der Waals surface area contributed by atoms with E-state index in [1.54, 1.807) is 6.20 Å². The van der Waals surface area contributed by atoms with Gasteiger partial charge in [0, 0.05) is 29.4 Å². The fraction of sp³-hybridized carbons (Fsp3) is 0.316. The van der Waals surface area contributed by atoms with Gasteiger partial charge in [0.2, 0.25) is 0 Å². The van der Waals surface area contributed by atoms with Gasteiger partial charge in [-0.1, -0.05) is 22.9 Å². The van der Waals surface area contributed by atoms with Crippen molar-refractivity contribution in [1.29, 1.82) is 0 Å². The fourth-order valence-electron chi connectivity index (χ4n) is 2.40. The SMILES string of the molecule is CC(C)Nc1ccc(-c2nnc(-c3cc(F)c(OCC(N)CO)cc3Cl)s2)cn1. The van der Waals surface area contributed by atoms with Gasteiger partial charge in [0.25, 0.3) is 0 Å². The Morgan fingerprint density at radius 1 is 1.28 bits per heavy atom. The van der Waals surface area contributed by atoms with Crippen molar-refractivity contribution >= 4 is 28.8 Å². The van der Waals surface area contributed by atoms with Crippen molar-refractivity contribution in [2.45, 2.75) is 25.9 Å². The molecule has 1 atom stereocenters. The van der Waals surface area contributed by atoms with E-state index in [0.29, 0.717) is 15.6 Å². The van der Waals surface area contributed by atoms with Crippen LogP contribution in [0.2, 0.25) is 5.02 Å². The van der Waals surface area contributed by atoms with Gasteiger partial charge < -0.3 is 20.9 Å². The maximum Gasteiger partial charge on any atom is 0.165 e. The number of hydrogen-bond donors (Lipinski definition) is 3. The third-order valence-corrected chi connectivity index (χ3v) is 5.13. The standard InChI is InChI=1S/C19H21ClFN5O2S/c1-10(2)24-17-4-3-11(7-23-17)18-25-26-19(29-18)13-5-15(21)16(6-14(13)20)28-9-12(22)8-27/h3-7,10,12,27H,8-9,22H2,1-2H3,(H,23,24). The first-order valence-electron chi connectivity index (χ1n) is 8.92. The van der Waals surface area contributed by atoms with E-state index in [2.05, 4.69) is 20.5 Å². The average Bonchev–Trinajstić information content (AvgIpc) is 3.18. The molecule has 0 aliphatic carbocycles. The van der Waals surface area contributed by atoms with Crippen LogP contribution in [-0.2, 0) is 0 Å². The number of anilines is 1. The number of nitrogens with two attached hydrogens (primary N) is 1. The van der Waals surface area contributed by atoms with Crippen LogP contribution in [0.3, 0.4) is 0 Å². The zero-order valence-electron chi connectivity index (χ0n) is 15.9. The van der Waals surface area contributed by atoms with Crippen molar-refractivity contribution in [2.24, 2.45) is 5.73 Å². The minimum Gasteiger partial charge on any atom is -0.489 e. The number of aliphatic hydroxyl groups excluding tert-OH is 1. The number of nitrogens with one attached hydrogen (secondary N) is 1. The summed E-state index contributed by atoms with van der Waals surface area (Å²) in [5.41, 5.74) is 6.78. The number of aliphatic hydroxyl groups is 1. The molecule has 2 heterocycles. The molecule has 4 N–H and O–H groups in total. The summed E-state index contributed by atoms with van der Waals surface area (Å²) in [6.45, 7) is 3.78. The van der Waals surface area contributed by atoms with Gasteiger partial charge in [-0.3, -0.25) is 0 Å². The number of benzene rings is 1. The highest BCUT2D eigenvalue weighted by Gasteiger charge is 2.17. The first-order valence-corrected chi connectivity index (χ1v) is 10.1. The van der Waals surface area contributed by atoms with E-state index in [-0.39, 0.29) is 30.0 Å². The molecule has 0 radical (unpaired) electrons. The largest absolute Gasteiger partial charge is 0.489 e. The molecule has 2 aromatic heterocycles. The second kappa shape index (κ2) is 9.45. The van der Waals surface area contributed by atoms with Gasteiger partial charge in [0.05, 0.1) is 17.7 Å². The van der Waals surface area contributed by atoms with Gasteiger partial charge in [-0.25, -0.2) is 9.37 Å². The van der Waals surface area contributed by atoms with Crippen LogP contribution >= 0.6 is 22.9 Å².